The lowest BCUT2D eigenvalue weighted by atomic mass is 10.1. The lowest BCUT2D eigenvalue weighted by Crippen LogP contribution is -2.14. The number of aryl methyl sites for hydroxylation is 1. The van der Waals surface area contributed by atoms with Crippen LogP contribution in [0.15, 0.2) is 36.7 Å². The van der Waals surface area contributed by atoms with E-state index in [4.69, 9.17) is 4.74 Å². The molecule has 0 aliphatic carbocycles. The number of carbonyl (C=O) groups excluding carboxylic acids is 1. The molecule has 3 aromatic rings. The standard InChI is InChI=1S/C17H16N4O2/c1-20-16-14(8-19-20)15(5-6-18-16)21-9-12-4-3-11(17(22)23-2)7-13(12)10-21/h3-8H,9-10H2,1-2H3. The Bertz CT molecular complexity index is 916. The van der Waals surface area contributed by atoms with Crippen molar-refractivity contribution in [1.29, 1.82) is 0 Å². The molecule has 0 amide bonds. The predicted octanol–water partition coefficient (Wildman–Crippen LogP) is 2.28. The van der Waals surface area contributed by atoms with E-state index in [1.54, 1.807) is 4.68 Å². The van der Waals surface area contributed by atoms with Crippen molar-refractivity contribution in [3.05, 3.63) is 53.3 Å². The van der Waals surface area contributed by atoms with Crippen LogP contribution in [-0.2, 0) is 24.9 Å². The van der Waals surface area contributed by atoms with Gasteiger partial charge in [-0.05, 0) is 29.3 Å². The molecule has 0 saturated heterocycles. The van der Waals surface area contributed by atoms with Crippen LogP contribution in [0.5, 0.6) is 0 Å². The first-order valence-corrected chi connectivity index (χ1v) is 7.39. The second-order valence-electron chi connectivity index (χ2n) is 5.67. The van der Waals surface area contributed by atoms with Crippen molar-refractivity contribution in [2.24, 2.45) is 7.05 Å². The summed E-state index contributed by atoms with van der Waals surface area (Å²) < 4.78 is 6.57. The molecule has 2 aromatic heterocycles. The minimum absolute atomic E-state index is 0.301. The number of ether oxygens (including phenoxy) is 1. The summed E-state index contributed by atoms with van der Waals surface area (Å²) in [5, 5.41) is 5.33. The van der Waals surface area contributed by atoms with Gasteiger partial charge in [0.2, 0.25) is 0 Å². The highest BCUT2D eigenvalue weighted by molar-refractivity contribution is 5.91. The summed E-state index contributed by atoms with van der Waals surface area (Å²) in [6, 6.07) is 7.75. The number of rotatable bonds is 2. The second-order valence-corrected chi connectivity index (χ2v) is 5.67. The summed E-state index contributed by atoms with van der Waals surface area (Å²) in [4.78, 5) is 18.3. The first kappa shape index (κ1) is 13.8. The number of pyridine rings is 1. The van der Waals surface area contributed by atoms with Gasteiger partial charge < -0.3 is 9.64 Å². The molecule has 1 aliphatic rings. The second kappa shape index (κ2) is 5.08. The maximum atomic E-state index is 11.7. The first-order chi connectivity index (χ1) is 11.2. The molecule has 6 nitrogen and oxygen atoms in total. The Morgan fingerprint density at radius 1 is 1.22 bits per heavy atom. The molecule has 0 radical (unpaired) electrons. The zero-order valence-corrected chi connectivity index (χ0v) is 13.0. The molecule has 1 aromatic carbocycles. The van der Waals surface area contributed by atoms with Gasteiger partial charge in [-0.1, -0.05) is 6.07 Å². The topological polar surface area (TPSA) is 60.2 Å². The lowest BCUT2D eigenvalue weighted by Gasteiger charge is -2.18. The molecule has 116 valence electrons. The molecule has 4 rings (SSSR count). The monoisotopic (exact) mass is 308 g/mol. The van der Waals surface area contributed by atoms with Gasteiger partial charge >= 0.3 is 5.97 Å². The van der Waals surface area contributed by atoms with E-state index in [1.165, 1.54) is 12.7 Å². The molecular weight excluding hydrogens is 292 g/mol. The number of hydrogen-bond acceptors (Lipinski definition) is 5. The van der Waals surface area contributed by atoms with Gasteiger partial charge in [0.1, 0.15) is 0 Å². The van der Waals surface area contributed by atoms with Gasteiger partial charge in [-0.3, -0.25) is 4.68 Å². The van der Waals surface area contributed by atoms with E-state index in [2.05, 4.69) is 15.0 Å². The first-order valence-electron chi connectivity index (χ1n) is 7.39. The number of methoxy groups -OCH3 is 1. The van der Waals surface area contributed by atoms with Crippen LogP contribution in [0.4, 0.5) is 5.69 Å². The third kappa shape index (κ3) is 2.14. The van der Waals surface area contributed by atoms with Crippen molar-refractivity contribution in [1.82, 2.24) is 14.8 Å². The minimum atomic E-state index is -0.301. The van der Waals surface area contributed by atoms with E-state index in [-0.39, 0.29) is 5.97 Å². The van der Waals surface area contributed by atoms with Crippen molar-refractivity contribution >= 4 is 22.7 Å². The molecule has 0 saturated carbocycles. The van der Waals surface area contributed by atoms with E-state index < -0.39 is 0 Å². The zero-order chi connectivity index (χ0) is 16.0. The van der Waals surface area contributed by atoms with Gasteiger partial charge in [0.25, 0.3) is 0 Å². The average molecular weight is 308 g/mol. The van der Waals surface area contributed by atoms with E-state index in [1.807, 2.05) is 43.7 Å². The SMILES string of the molecule is COC(=O)c1ccc2c(c1)CN(c1ccnc3c1cnn3C)C2. The molecule has 23 heavy (non-hydrogen) atoms. The third-order valence-corrected chi connectivity index (χ3v) is 4.30. The Morgan fingerprint density at radius 2 is 2.04 bits per heavy atom. The highest BCUT2D eigenvalue weighted by Crippen LogP contribution is 2.32. The maximum absolute atomic E-state index is 11.7. The number of fused-ring (bicyclic) bond motifs is 2. The summed E-state index contributed by atoms with van der Waals surface area (Å²) in [5.74, 6) is -0.301. The Labute approximate surface area is 133 Å². The van der Waals surface area contributed by atoms with Crippen molar-refractivity contribution in [2.75, 3.05) is 12.0 Å². The fourth-order valence-corrected chi connectivity index (χ4v) is 3.12. The number of aromatic nitrogens is 3. The number of benzene rings is 1. The van der Waals surface area contributed by atoms with Crippen LogP contribution in [0.3, 0.4) is 0 Å². The van der Waals surface area contributed by atoms with Crippen molar-refractivity contribution < 1.29 is 9.53 Å². The summed E-state index contributed by atoms with van der Waals surface area (Å²) in [7, 11) is 3.29. The summed E-state index contributed by atoms with van der Waals surface area (Å²) in [6.07, 6.45) is 3.66. The van der Waals surface area contributed by atoms with Crippen molar-refractivity contribution in [3.8, 4) is 0 Å². The molecule has 0 unspecified atom stereocenters. The highest BCUT2D eigenvalue weighted by atomic mass is 16.5. The van der Waals surface area contributed by atoms with Crippen LogP contribution in [0.1, 0.15) is 21.5 Å². The van der Waals surface area contributed by atoms with Crippen LogP contribution in [0.25, 0.3) is 11.0 Å². The Balaban J connectivity index is 1.71. The Hall–Kier alpha value is -2.89. The number of hydrogen-bond donors (Lipinski definition) is 0. The summed E-state index contributed by atoms with van der Waals surface area (Å²) >= 11 is 0. The molecule has 0 bridgehead atoms. The fourth-order valence-electron chi connectivity index (χ4n) is 3.12. The Kier molecular flexibility index (Phi) is 3.04. The fraction of sp³-hybridized carbons (Fsp3) is 0.235. The molecule has 0 atom stereocenters. The molecule has 3 heterocycles. The van der Waals surface area contributed by atoms with Gasteiger partial charge in [0.15, 0.2) is 5.65 Å². The van der Waals surface area contributed by atoms with E-state index in [0.717, 1.165) is 35.4 Å². The van der Waals surface area contributed by atoms with Crippen LogP contribution >= 0.6 is 0 Å². The quantitative estimate of drug-likeness (QED) is 0.680. The number of anilines is 1. The Morgan fingerprint density at radius 3 is 2.87 bits per heavy atom. The van der Waals surface area contributed by atoms with Gasteiger partial charge in [0, 0.05) is 26.3 Å². The summed E-state index contributed by atoms with van der Waals surface area (Å²) in [6.45, 7) is 1.57. The average Bonchev–Trinajstić information content (AvgIpc) is 3.17. The van der Waals surface area contributed by atoms with Crippen LogP contribution in [0, 0.1) is 0 Å². The zero-order valence-electron chi connectivity index (χ0n) is 13.0. The van der Waals surface area contributed by atoms with Crippen molar-refractivity contribution in [3.63, 3.8) is 0 Å². The molecular formula is C17H16N4O2. The maximum Gasteiger partial charge on any atom is 0.337 e. The normalized spacial score (nSPS) is 13.4. The van der Waals surface area contributed by atoms with Crippen LogP contribution in [0.2, 0.25) is 0 Å². The van der Waals surface area contributed by atoms with Gasteiger partial charge in [-0.2, -0.15) is 5.10 Å². The van der Waals surface area contributed by atoms with E-state index in [0.29, 0.717) is 5.56 Å². The predicted molar refractivity (Wildman–Crippen MR) is 86.2 cm³/mol. The molecule has 1 aliphatic heterocycles. The molecule has 0 spiro atoms. The van der Waals surface area contributed by atoms with Gasteiger partial charge in [0.05, 0.1) is 29.9 Å². The molecule has 0 N–H and O–H groups in total. The number of esters is 1. The molecule has 0 fully saturated rings. The van der Waals surface area contributed by atoms with Gasteiger partial charge in [-0.25, -0.2) is 9.78 Å². The van der Waals surface area contributed by atoms with Crippen molar-refractivity contribution in [2.45, 2.75) is 13.1 Å². The van der Waals surface area contributed by atoms with E-state index in [9.17, 15) is 4.79 Å². The van der Waals surface area contributed by atoms with Crippen LogP contribution in [-0.4, -0.2) is 27.8 Å². The van der Waals surface area contributed by atoms with Crippen LogP contribution < -0.4 is 4.90 Å². The smallest absolute Gasteiger partial charge is 0.337 e. The summed E-state index contributed by atoms with van der Waals surface area (Å²) in [5.41, 5.74) is 4.95. The highest BCUT2D eigenvalue weighted by Gasteiger charge is 2.23. The third-order valence-electron chi connectivity index (χ3n) is 4.30. The minimum Gasteiger partial charge on any atom is -0.465 e. The molecule has 6 heteroatoms. The lowest BCUT2D eigenvalue weighted by molar-refractivity contribution is 0.0600. The number of carbonyl (C=O) groups is 1. The van der Waals surface area contributed by atoms with Gasteiger partial charge in [-0.15, -0.1) is 0 Å². The van der Waals surface area contributed by atoms with E-state index >= 15 is 0 Å². The largest absolute Gasteiger partial charge is 0.465 e. The number of nitrogens with zero attached hydrogens (tertiary/aromatic N) is 4.